The van der Waals surface area contributed by atoms with E-state index in [9.17, 15) is 0 Å². The lowest BCUT2D eigenvalue weighted by molar-refractivity contribution is 1.14. The lowest BCUT2D eigenvalue weighted by atomic mass is 10.0. The Kier molecular flexibility index (Phi) is 1.53. The number of nitrogens with zero attached hydrogens (tertiary/aromatic N) is 2. The molecule has 2 nitrogen and oxygen atoms in total. The van der Waals surface area contributed by atoms with Gasteiger partial charge in [0.05, 0.1) is 16.7 Å². The lowest BCUT2D eigenvalue weighted by Crippen LogP contribution is -2.02. The molecule has 2 aliphatic rings. The van der Waals surface area contributed by atoms with Gasteiger partial charge in [-0.2, -0.15) is 10.2 Å². The Labute approximate surface area is 73.5 Å². The van der Waals surface area contributed by atoms with Crippen molar-refractivity contribution in [2.45, 2.75) is 11.8 Å². The molecule has 1 heterocycles. The topological polar surface area (TPSA) is 24.7 Å². The van der Waals surface area contributed by atoms with E-state index >= 15 is 0 Å². The van der Waals surface area contributed by atoms with E-state index in [1.54, 1.807) is 6.20 Å². The van der Waals surface area contributed by atoms with Crippen LogP contribution in [-0.2, 0) is 0 Å². The summed E-state index contributed by atoms with van der Waals surface area (Å²) in [4.78, 5) is 0.326. The number of fused-ring (bicyclic) bond motifs is 1. The molecule has 1 aliphatic carbocycles. The largest absolute Gasteiger partial charge is 0.158 e. The molecule has 11 heavy (non-hydrogen) atoms. The van der Waals surface area contributed by atoms with Crippen molar-refractivity contribution < 1.29 is 0 Å². The van der Waals surface area contributed by atoms with Crippen LogP contribution < -0.4 is 0 Å². The molecular formula is C8H7BrN2. The van der Waals surface area contributed by atoms with Gasteiger partial charge in [0.25, 0.3) is 0 Å². The quantitative estimate of drug-likeness (QED) is 0.550. The van der Waals surface area contributed by atoms with Gasteiger partial charge in [-0.3, -0.25) is 0 Å². The van der Waals surface area contributed by atoms with Crippen LogP contribution in [0.5, 0.6) is 0 Å². The maximum absolute atomic E-state index is 3.96. The molecule has 0 aromatic heterocycles. The van der Waals surface area contributed by atoms with Crippen molar-refractivity contribution in [1.29, 1.82) is 0 Å². The maximum atomic E-state index is 3.96. The second-order valence-electron chi connectivity index (χ2n) is 2.64. The normalized spacial score (nSPS) is 27.5. The van der Waals surface area contributed by atoms with Gasteiger partial charge in [-0.15, -0.1) is 0 Å². The molecule has 0 bridgehead atoms. The number of alkyl halides is 1. The molecule has 0 fully saturated rings. The van der Waals surface area contributed by atoms with Gasteiger partial charge in [0.1, 0.15) is 0 Å². The van der Waals surface area contributed by atoms with Gasteiger partial charge in [-0.05, 0) is 13.0 Å². The van der Waals surface area contributed by atoms with Crippen molar-refractivity contribution in [3.63, 3.8) is 0 Å². The summed E-state index contributed by atoms with van der Waals surface area (Å²) >= 11 is 3.52. The second-order valence-corrected chi connectivity index (χ2v) is 3.63. The summed E-state index contributed by atoms with van der Waals surface area (Å²) in [6, 6.07) is 0. The molecular weight excluding hydrogens is 204 g/mol. The molecule has 3 heteroatoms. The third-order valence-corrected chi connectivity index (χ3v) is 2.77. The highest BCUT2D eigenvalue weighted by Crippen LogP contribution is 2.30. The smallest absolute Gasteiger partial charge is 0.0919 e. The van der Waals surface area contributed by atoms with Gasteiger partial charge >= 0.3 is 0 Å². The predicted octanol–water partition coefficient (Wildman–Crippen LogP) is 2.94. The molecule has 1 aliphatic heterocycles. The van der Waals surface area contributed by atoms with Gasteiger partial charge in [-0.25, -0.2) is 0 Å². The predicted molar refractivity (Wildman–Crippen MR) is 47.5 cm³/mol. The highest BCUT2D eigenvalue weighted by molar-refractivity contribution is 9.09. The first-order valence-electron chi connectivity index (χ1n) is 3.43. The van der Waals surface area contributed by atoms with E-state index in [4.69, 9.17) is 0 Å². The Morgan fingerprint density at radius 3 is 3.18 bits per heavy atom. The third-order valence-electron chi connectivity index (χ3n) is 1.78. The van der Waals surface area contributed by atoms with Gasteiger partial charge < -0.3 is 0 Å². The van der Waals surface area contributed by atoms with Crippen LogP contribution in [0.2, 0.25) is 0 Å². The van der Waals surface area contributed by atoms with Crippen molar-refractivity contribution in [3.8, 4) is 0 Å². The minimum Gasteiger partial charge on any atom is -0.158 e. The maximum Gasteiger partial charge on any atom is 0.0919 e. The highest BCUT2D eigenvalue weighted by atomic mass is 79.9. The zero-order valence-corrected chi connectivity index (χ0v) is 7.67. The minimum absolute atomic E-state index is 0.326. The number of rotatable bonds is 0. The minimum atomic E-state index is 0.326. The number of hydrogen-bond donors (Lipinski definition) is 0. The molecule has 0 aromatic rings. The fourth-order valence-corrected chi connectivity index (χ4v) is 1.50. The molecule has 0 radical (unpaired) electrons. The van der Waals surface area contributed by atoms with E-state index in [1.165, 1.54) is 5.57 Å². The Balaban J connectivity index is 2.43. The van der Waals surface area contributed by atoms with Crippen LogP contribution >= 0.6 is 15.9 Å². The standard InChI is InChI=1S/C8H7BrN2/c1-5-2-6-4-10-11-8(6)3-7(5)9/h2-4,7H,1H3/t7-/m0/s1. The molecule has 0 saturated heterocycles. The summed E-state index contributed by atoms with van der Waals surface area (Å²) in [6.45, 7) is 2.09. The summed E-state index contributed by atoms with van der Waals surface area (Å²) in [6.07, 6.45) is 5.96. The Hall–Kier alpha value is -0.700. The van der Waals surface area contributed by atoms with Crippen LogP contribution in [0.1, 0.15) is 6.92 Å². The SMILES string of the molecule is CC1=CC2=CN=NC2=C[C@@H]1Br. The van der Waals surface area contributed by atoms with Crippen LogP contribution in [0.15, 0.2) is 45.4 Å². The van der Waals surface area contributed by atoms with E-state index < -0.39 is 0 Å². The summed E-state index contributed by atoms with van der Waals surface area (Å²) in [5.74, 6) is 0. The molecule has 0 amide bonds. The number of halogens is 1. The van der Waals surface area contributed by atoms with E-state index in [0.717, 1.165) is 11.3 Å². The van der Waals surface area contributed by atoms with E-state index in [-0.39, 0.29) is 0 Å². The van der Waals surface area contributed by atoms with Crippen LogP contribution in [0, 0.1) is 0 Å². The number of hydrogen-bond acceptors (Lipinski definition) is 2. The van der Waals surface area contributed by atoms with Crippen LogP contribution in [-0.4, -0.2) is 4.83 Å². The highest BCUT2D eigenvalue weighted by Gasteiger charge is 2.16. The zero-order valence-electron chi connectivity index (χ0n) is 6.08. The molecule has 1 atom stereocenters. The van der Waals surface area contributed by atoms with Gasteiger partial charge in [0.15, 0.2) is 0 Å². The van der Waals surface area contributed by atoms with Crippen LogP contribution in [0.4, 0.5) is 0 Å². The first-order chi connectivity index (χ1) is 5.27. The average molecular weight is 211 g/mol. The molecule has 0 spiro atoms. The van der Waals surface area contributed by atoms with Crippen molar-refractivity contribution in [2.24, 2.45) is 10.2 Å². The Morgan fingerprint density at radius 1 is 1.55 bits per heavy atom. The molecule has 0 aromatic carbocycles. The van der Waals surface area contributed by atoms with Crippen molar-refractivity contribution >= 4 is 15.9 Å². The molecule has 2 rings (SSSR count). The monoisotopic (exact) mass is 210 g/mol. The van der Waals surface area contributed by atoms with E-state index in [0.29, 0.717) is 4.83 Å². The molecule has 56 valence electrons. The molecule has 0 N–H and O–H groups in total. The van der Waals surface area contributed by atoms with Crippen LogP contribution in [0.3, 0.4) is 0 Å². The average Bonchev–Trinajstić information content (AvgIpc) is 2.36. The van der Waals surface area contributed by atoms with Crippen molar-refractivity contribution in [2.75, 3.05) is 0 Å². The Bertz CT molecular complexity index is 310. The molecule has 0 unspecified atom stereocenters. The lowest BCUT2D eigenvalue weighted by Gasteiger charge is -2.11. The zero-order chi connectivity index (χ0) is 7.84. The van der Waals surface area contributed by atoms with Gasteiger partial charge in [0, 0.05) is 5.57 Å². The van der Waals surface area contributed by atoms with Gasteiger partial charge in [-0.1, -0.05) is 27.6 Å². The second kappa shape index (κ2) is 2.41. The first kappa shape index (κ1) is 6.98. The summed E-state index contributed by atoms with van der Waals surface area (Å²) in [5, 5.41) is 7.79. The van der Waals surface area contributed by atoms with E-state index in [1.807, 2.05) is 0 Å². The summed E-state index contributed by atoms with van der Waals surface area (Å²) < 4.78 is 0. The van der Waals surface area contributed by atoms with Crippen molar-refractivity contribution in [1.82, 2.24) is 0 Å². The third kappa shape index (κ3) is 1.09. The van der Waals surface area contributed by atoms with E-state index in [2.05, 4.69) is 45.2 Å². The summed E-state index contributed by atoms with van der Waals surface area (Å²) in [7, 11) is 0. The number of allylic oxidation sites excluding steroid dienone is 3. The first-order valence-corrected chi connectivity index (χ1v) is 4.34. The molecule has 0 saturated carbocycles. The van der Waals surface area contributed by atoms with Crippen LogP contribution in [0.25, 0.3) is 0 Å². The number of azo groups is 1. The van der Waals surface area contributed by atoms with Crippen molar-refractivity contribution in [3.05, 3.63) is 35.2 Å². The fourth-order valence-electron chi connectivity index (χ4n) is 1.11. The van der Waals surface area contributed by atoms with Gasteiger partial charge in [0.2, 0.25) is 0 Å². The fraction of sp³-hybridized carbons (Fsp3) is 0.250. The summed E-state index contributed by atoms with van der Waals surface area (Å²) in [5.41, 5.74) is 3.41. The Morgan fingerprint density at radius 2 is 2.36 bits per heavy atom.